The summed E-state index contributed by atoms with van der Waals surface area (Å²) in [6.45, 7) is 9.50. The molecule has 218 valence electrons. The predicted octanol–water partition coefficient (Wildman–Crippen LogP) is 8.94. The molecule has 4 aromatic carbocycles. The van der Waals surface area contributed by atoms with E-state index in [4.69, 9.17) is 5.73 Å². The van der Waals surface area contributed by atoms with Crippen molar-refractivity contribution in [2.75, 3.05) is 45.8 Å². The number of nitrogens with two attached hydrogens (primary N) is 1. The number of hydrogen-bond donors (Lipinski definition) is 1. The highest BCUT2D eigenvalue weighted by Crippen LogP contribution is 2.39. The summed E-state index contributed by atoms with van der Waals surface area (Å²) in [7, 11) is 0. The molecule has 3 heterocycles. The smallest absolute Gasteiger partial charge is 0.0355 e. The monoisotopic (exact) mass is 583 g/mol. The third kappa shape index (κ3) is 5.98. The molecule has 0 radical (unpaired) electrons. The zero-order valence-electron chi connectivity index (χ0n) is 25.2. The van der Waals surface area contributed by atoms with E-state index >= 15 is 0 Å². The Balaban J connectivity index is 1.13. The number of nitrogens with zero attached hydrogens (tertiary/aromatic N) is 2. The first-order valence-electron chi connectivity index (χ1n) is 15.9. The molecule has 2 aliphatic heterocycles. The van der Waals surface area contributed by atoms with Crippen LogP contribution in [0.3, 0.4) is 0 Å². The van der Waals surface area contributed by atoms with E-state index in [-0.39, 0.29) is 0 Å². The van der Waals surface area contributed by atoms with Crippen LogP contribution >= 0.6 is 11.3 Å². The van der Waals surface area contributed by atoms with Crippen LogP contribution in [0, 0.1) is 0 Å². The van der Waals surface area contributed by atoms with Gasteiger partial charge in [0.1, 0.15) is 0 Å². The van der Waals surface area contributed by atoms with Gasteiger partial charge >= 0.3 is 0 Å². The lowest BCUT2D eigenvalue weighted by molar-refractivity contribution is 0.302. The van der Waals surface area contributed by atoms with Crippen LogP contribution in [-0.2, 0) is 0 Å². The molecule has 4 heteroatoms. The number of rotatable bonds is 8. The van der Waals surface area contributed by atoms with Crippen molar-refractivity contribution >= 4 is 42.7 Å². The molecule has 0 fully saturated rings. The van der Waals surface area contributed by atoms with E-state index in [1.54, 1.807) is 0 Å². The van der Waals surface area contributed by atoms with Crippen molar-refractivity contribution in [3.8, 4) is 22.3 Å². The molecule has 7 rings (SSSR count). The Labute approximate surface area is 259 Å². The molecule has 0 unspecified atom stereocenters. The van der Waals surface area contributed by atoms with Gasteiger partial charge < -0.3 is 5.73 Å². The Morgan fingerprint density at radius 1 is 0.581 bits per heavy atom. The molecule has 2 N–H and O–H groups in total. The highest BCUT2D eigenvalue weighted by atomic mass is 32.1. The Morgan fingerprint density at radius 3 is 1.44 bits per heavy atom. The number of thiophene rings is 1. The van der Waals surface area contributed by atoms with E-state index in [0.29, 0.717) is 0 Å². The average molecular weight is 584 g/mol. The summed E-state index contributed by atoms with van der Waals surface area (Å²) in [5.74, 6) is 0. The maximum atomic E-state index is 5.74. The first-order chi connectivity index (χ1) is 21.2. The van der Waals surface area contributed by atoms with Gasteiger partial charge in [-0.05, 0) is 94.6 Å². The van der Waals surface area contributed by atoms with Gasteiger partial charge in [0.25, 0.3) is 0 Å². The minimum atomic E-state index is 0.729. The minimum absolute atomic E-state index is 0.729. The van der Waals surface area contributed by atoms with Gasteiger partial charge in [-0.1, -0.05) is 79.7 Å². The van der Waals surface area contributed by atoms with Gasteiger partial charge in [0.05, 0.1) is 0 Å². The molecular weight excluding hydrogens is 543 g/mol. The fourth-order valence-corrected chi connectivity index (χ4v) is 7.81. The summed E-state index contributed by atoms with van der Waals surface area (Å²) in [6.07, 6.45) is 8.25. The average Bonchev–Trinajstić information content (AvgIpc) is 3.43. The number of benzene rings is 4. The van der Waals surface area contributed by atoms with Crippen molar-refractivity contribution < 1.29 is 0 Å². The van der Waals surface area contributed by atoms with Gasteiger partial charge in [0, 0.05) is 59.4 Å². The van der Waals surface area contributed by atoms with Gasteiger partial charge in [-0.2, -0.15) is 0 Å². The van der Waals surface area contributed by atoms with E-state index in [1.165, 1.54) is 84.2 Å². The molecule has 0 amide bonds. The molecule has 0 aliphatic carbocycles. The third-order valence-electron chi connectivity index (χ3n) is 9.22. The van der Waals surface area contributed by atoms with Crippen molar-refractivity contribution in [1.82, 2.24) is 9.80 Å². The molecule has 2 aliphatic rings. The normalized spacial score (nSPS) is 16.5. The molecule has 1 aromatic heterocycles. The number of fused-ring (bicyclic) bond motifs is 3. The third-order valence-corrected chi connectivity index (χ3v) is 10.4. The van der Waals surface area contributed by atoms with E-state index in [9.17, 15) is 0 Å². The van der Waals surface area contributed by atoms with Crippen LogP contribution < -0.4 is 5.73 Å². The Morgan fingerprint density at radius 2 is 1.02 bits per heavy atom. The van der Waals surface area contributed by atoms with Gasteiger partial charge in [-0.3, -0.25) is 9.80 Å². The molecule has 43 heavy (non-hydrogen) atoms. The van der Waals surface area contributed by atoms with Crippen LogP contribution in [0.1, 0.15) is 37.3 Å². The lowest BCUT2D eigenvalue weighted by Crippen LogP contribution is -2.33. The fourth-order valence-electron chi connectivity index (χ4n) is 6.74. The van der Waals surface area contributed by atoms with Crippen LogP contribution in [0.25, 0.3) is 53.6 Å². The van der Waals surface area contributed by atoms with Crippen molar-refractivity contribution in [3.63, 3.8) is 0 Å². The number of hydrogen-bond acceptors (Lipinski definition) is 4. The quantitative estimate of drug-likeness (QED) is 0.198. The molecule has 0 bridgehead atoms. The van der Waals surface area contributed by atoms with E-state index in [2.05, 4.69) is 114 Å². The molecule has 0 atom stereocenters. The van der Waals surface area contributed by atoms with Crippen LogP contribution in [0.2, 0.25) is 0 Å². The Bertz CT molecular complexity index is 1660. The second kappa shape index (κ2) is 12.6. The highest BCUT2D eigenvalue weighted by Gasteiger charge is 2.14. The summed E-state index contributed by atoms with van der Waals surface area (Å²) >= 11 is 1.89. The van der Waals surface area contributed by atoms with Gasteiger partial charge in [-0.15, -0.1) is 11.3 Å². The van der Waals surface area contributed by atoms with Crippen molar-refractivity contribution in [2.24, 2.45) is 5.73 Å². The molecule has 0 saturated carbocycles. The van der Waals surface area contributed by atoms with Crippen LogP contribution in [0.5, 0.6) is 0 Å². The van der Waals surface area contributed by atoms with Crippen LogP contribution in [0.4, 0.5) is 0 Å². The Kier molecular flexibility index (Phi) is 8.27. The lowest BCUT2D eigenvalue weighted by atomic mass is 9.95. The summed E-state index contributed by atoms with van der Waals surface area (Å²) < 4.78 is 2.69. The second-order valence-electron chi connectivity index (χ2n) is 12.0. The summed E-state index contributed by atoms with van der Waals surface area (Å²) in [5.41, 5.74) is 16.5. The van der Waals surface area contributed by atoms with Crippen molar-refractivity contribution in [1.29, 1.82) is 0 Å². The fraction of sp³-hybridized carbons (Fsp3) is 0.282. The predicted molar refractivity (Wildman–Crippen MR) is 188 cm³/mol. The maximum Gasteiger partial charge on any atom is 0.0355 e. The molecular formula is C39H41N3S. The largest absolute Gasteiger partial charge is 0.329 e. The van der Waals surface area contributed by atoms with Crippen LogP contribution in [0.15, 0.2) is 97.1 Å². The summed E-state index contributed by atoms with van der Waals surface area (Å²) in [4.78, 5) is 4.97. The SMILES string of the molecule is CCCN1CC=C(c2ccc(-c3ccc4sc5ccc(-c6ccc(C7=CCN(CCN)CC7)cc6)cc5c4c3)cc2)CC1. The van der Waals surface area contributed by atoms with Crippen molar-refractivity contribution in [3.05, 3.63) is 108 Å². The van der Waals surface area contributed by atoms with E-state index in [1.807, 2.05) is 11.3 Å². The van der Waals surface area contributed by atoms with Gasteiger partial charge in [0.15, 0.2) is 0 Å². The van der Waals surface area contributed by atoms with Gasteiger partial charge in [-0.25, -0.2) is 0 Å². The minimum Gasteiger partial charge on any atom is -0.329 e. The molecule has 0 saturated heterocycles. The molecule has 0 spiro atoms. The first-order valence-corrected chi connectivity index (χ1v) is 16.7. The molecule has 3 nitrogen and oxygen atoms in total. The highest BCUT2D eigenvalue weighted by molar-refractivity contribution is 7.25. The standard InChI is InChI=1S/C39H41N3S/c1-2-20-41-21-15-32(16-22-41)28-3-7-30(8-4-28)34-11-13-38-36(26-34)37-27-35(12-14-39(37)43-38)31-9-5-29(6-10-31)33-17-23-42(24-18-33)25-19-40/h3-15,17,26-27H,2,16,18-25,40H2,1H3. The van der Waals surface area contributed by atoms with Crippen molar-refractivity contribution in [2.45, 2.75) is 26.2 Å². The zero-order valence-corrected chi connectivity index (χ0v) is 26.0. The second-order valence-corrected chi connectivity index (χ2v) is 13.1. The van der Waals surface area contributed by atoms with Gasteiger partial charge in [0.2, 0.25) is 0 Å². The molecule has 5 aromatic rings. The zero-order chi connectivity index (χ0) is 29.2. The summed E-state index contributed by atoms with van der Waals surface area (Å²) in [5, 5.41) is 2.69. The topological polar surface area (TPSA) is 32.5 Å². The van der Waals surface area contributed by atoms with Crippen LogP contribution in [-0.4, -0.2) is 55.6 Å². The maximum absolute atomic E-state index is 5.74. The van der Waals surface area contributed by atoms with E-state index in [0.717, 1.165) is 45.6 Å². The Hall–Kier alpha value is -3.54. The lowest BCUT2D eigenvalue weighted by Gasteiger charge is -2.26. The summed E-state index contributed by atoms with van der Waals surface area (Å²) in [6, 6.07) is 32.3. The van der Waals surface area contributed by atoms with E-state index < -0.39 is 0 Å². The first kappa shape index (κ1) is 28.2.